The fourth-order valence-electron chi connectivity index (χ4n) is 5.72. The Morgan fingerprint density at radius 2 is 1.28 bits per heavy atom. The monoisotopic (exact) mass is 443 g/mol. The van der Waals surface area contributed by atoms with Crippen LogP contribution in [0.3, 0.4) is 0 Å². The largest absolute Gasteiger partial charge is 0.274 e. The van der Waals surface area contributed by atoms with Gasteiger partial charge in [0.15, 0.2) is 0 Å². The van der Waals surface area contributed by atoms with E-state index in [0.29, 0.717) is 5.69 Å². The zero-order chi connectivity index (χ0) is 19.9. The maximum absolute atomic E-state index is 13.7. The van der Waals surface area contributed by atoms with Gasteiger partial charge in [-0.3, -0.25) is 9.59 Å². The van der Waals surface area contributed by atoms with Crippen LogP contribution < -0.4 is 4.90 Å². The molecule has 3 aromatic carbocycles. The molecule has 1 saturated heterocycles. The van der Waals surface area contributed by atoms with Crippen molar-refractivity contribution >= 4 is 33.4 Å². The molecule has 4 atom stereocenters. The Kier molecular flexibility index (Phi) is 3.49. The molecule has 0 aromatic heterocycles. The molecule has 0 saturated carbocycles. The Morgan fingerprint density at radius 3 is 1.93 bits per heavy atom. The molecule has 4 aliphatic rings. The number of hydrogen-bond acceptors (Lipinski definition) is 2. The highest BCUT2D eigenvalue weighted by molar-refractivity contribution is 9.10. The van der Waals surface area contributed by atoms with Gasteiger partial charge in [-0.05, 0) is 57.2 Å². The maximum Gasteiger partial charge on any atom is 0.238 e. The lowest BCUT2D eigenvalue weighted by molar-refractivity contribution is -0.122. The number of benzene rings is 3. The van der Waals surface area contributed by atoms with Gasteiger partial charge in [0.1, 0.15) is 0 Å². The summed E-state index contributed by atoms with van der Waals surface area (Å²) < 4.78 is 0.763. The second-order valence-corrected chi connectivity index (χ2v) is 9.09. The number of hydrogen-bond donors (Lipinski definition) is 0. The second-order valence-electron chi connectivity index (χ2n) is 8.23. The molecule has 1 aliphatic heterocycles. The Morgan fingerprint density at radius 1 is 0.724 bits per heavy atom. The highest BCUT2D eigenvalue weighted by atomic mass is 79.9. The van der Waals surface area contributed by atoms with Crippen molar-refractivity contribution in [2.75, 3.05) is 4.90 Å². The summed E-state index contributed by atoms with van der Waals surface area (Å²) in [7, 11) is 0. The van der Waals surface area contributed by atoms with Gasteiger partial charge in [0.05, 0.1) is 17.5 Å². The van der Waals surface area contributed by atoms with Crippen LogP contribution in [0.15, 0.2) is 71.2 Å². The highest BCUT2D eigenvalue weighted by Crippen LogP contribution is 2.61. The van der Waals surface area contributed by atoms with E-state index in [1.165, 1.54) is 32.7 Å². The lowest BCUT2D eigenvalue weighted by Gasteiger charge is -2.46. The van der Waals surface area contributed by atoms with E-state index in [-0.39, 0.29) is 35.5 Å². The van der Waals surface area contributed by atoms with E-state index in [2.05, 4.69) is 53.2 Å². The molecular formula is C25H18BrNO2. The molecule has 1 heterocycles. The van der Waals surface area contributed by atoms with Crippen molar-refractivity contribution in [3.63, 3.8) is 0 Å². The molecule has 3 aliphatic carbocycles. The Bertz CT molecular complexity index is 1220. The van der Waals surface area contributed by atoms with Crippen LogP contribution in [0.1, 0.15) is 39.7 Å². The smallest absolute Gasteiger partial charge is 0.238 e. The molecule has 29 heavy (non-hydrogen) atoms. The summed E-state index contributed by atoms with van der Waals surface area (Å²) in [6.45, 7) is 2.08. The third-order valence-corrected chi connectivity index (χ3v) is 7.46. The first-order valence-electron chi connectivity index (χ1n) is 9.89. The lowest BCUT2D eigenvalue weighted by Crippen LogP contribution is -2.41. The van der Waals surface area contributed by atoms with Crippen LogP contribution in [-0.4, -0.2) is 11.8 Å². The minimum Gasteiger partial charge on any atom is -0.274 e. The van der Waals surface area contributed by atoms with Gasteiger partial charge >= 0.3 is 0 Å². The number of imide groups is 1. The molecule has 0 N–H and O–H groups in total. The van der Waals surface area contributed by atoms with Gasteiger partial charge < -0.3 is 0 Å². The summed E-state index contributed by atoms with van der Waals surface area (Å²) in [5.41, 5.74) is 6.64. The number of anilines is 1. The summed E-state index contributed by atoms with van der Waals surface area (Å²) >= 11 is 3.53. The molecule has 1 fully saturated rings. The standard InChI is InChI=1S/C25H18BrNO2/c1-13-10-11-16-17(12-13)21-15-7-3-2-6-14(15)20(16)22-23(21)25(29)27(24(22)28)19-9-5-4-8-18(19)26/h2-12,20-23H,1H3/t20-,21-,22+,23-/m1/s1. The predicted octanol–water partition coefficient (Wildman–Crippen LogP) is 5.15. The average Bonchev–Trinajstić information content (AvgIpc) is 2.99. The van der Waals surface area contributed by atoms with Crippen molar-refractivity contribution in [2.24, 2.45) is 11.8 Å². The van der Waals surface area contributed by atoms with Crippen molar-refractivity contribution in [1.82, 2.24) is 0 Å². The SMILES string of the molecule is Cc1ccc2c(c1)[C@H]1c3ccccc3[C@H]2[C@@H]2C(=O)N(c3ccccc3Br)C(=O)[C@H]12. The van der Waals surface area contributed by atoms with E-state index in [1.54, 1.807) is 0 Å². The number of halogens is 1. The van der Waals surface area contributed by atoms with Gasteiger partial charge in [-0.2, -0.15) is 0 Å². The summed E-state index contributed by atoms with van der Waals surface area (Å²) in [5.74, 6) is -0.986. The lowest BCUT2D eigenvalue weighted by atomic mass is 9.55. The fourth-order valence-corrected chi connectivity index (χ4v) is 6.18. The number of carbonyl (C=O) groups excluding carboxylic acids is 2. The molecular weight excluding hydrogens is 426 g/mol. The Labute approximate surface area is 177 Å². The first-order valence-corrected chi connectivity index (χ1v) is 10.7. The Balaban J connectivity index is 1.60. The van der Waals surface area contributed by atoms with Gasteiger partial charge in [0.25, 0.3) is 0 Å². The molecule has 4 heteroatoms. The molecule has 0 spiro atoms. The molecule has 0 radical (unpaired) electrons. The Hall–Kier alpha value is -2.72. The van der Waals surface area contributed by atoms with Gasteiger partial charge in [-0.25, -0.2) is 4.90 Å². The van der Waals surface area contributed by atoms with Crippen LogP contribution in [0.2, 0.25) is 0 Å². The van der Waals surface area contributed by atoms with E-state index in [9.17, 15) is 9.59 Å². The van der Waals surface area contributed by atoms with E-state index in [4.69, 9.17) is 0 Å². The molecule has 2 bridgehead atoms. The molecule has 3 aromatic rings. The number of para-hydroxylation sites is 1. The van der Waals surface area contributed by atoms with Crippen LogP contribution in [0.5, 0.6) is 0 Å². The predicted molar refractivity (Wildman–Crippen MR) is 115 cm³/mol. The summed E-state index contributed by atoms with van der Waals surface area (Å²) in [5, 5.41) is 0. The van der Waals surface area contributed by atoms with Crippen molar-refractivity contribution in [1.29, 1.82) is 0 Å². The fraction of sp³-hybridized carbons (Fsp3) is 0.200. The number of nitrogens with zero attached hydrogens (tertiary/aromatic N) is 1. The van der Waals surface area contributed by atoms with Gasteiger partial charge in [-0.15, -0.1) is 0 Å². The van der Waals surface area contributed by atoms with Crippen molar-refractivity contribution in [3.05, 3.63) is 99.0 Å². The normalized spacial score (nSPS) is 26.3. The van der Waals surface area contributed by atoms with Crippen molar-refractivity contribution < 1.29 is 9.59 Å². The van der Waals surface area contributed by atoms with Crippen LogP contribution in [-0.2, 0) is 9.59 Å². The van der Waals surface area contributed by atoms with Gasteiger partial charge in [-0.1, -0.05) is 60.2 Å². The number of rotatable bonds is 1. The summed E-state index contributed by atoms with van der Waals surface area (Å²) in [4.78, 5) is 28.8. The zero-order valence-electron chi connectivity index (χ0n) is 15.8. The van der Waals surface area contributed by atoms with E-state index >= 15 is 0 Å². The highest BCUT2D eigenvalue weighted by Gasteiger charge is 2.61. The maximum atomic E-state index is 13.7. The molecule has 142 valence electrons. The number of aryl methyl sites for hydroxylation is 1. The first-order chi connectivity index (χ1) is 14.1. The topological polar surface area (TPSA) is 37.4 Å². The molecule has 3 nitrogen and oxygen atoms in total. The minimum atomic E-state index is -0.344. The van der Waals surface area contributed by atoms with E-state index in [1.807, 2.05) is 36.4 Å². The second kappa shape index (κ2) is 5.90. The zero-order valence-corrected chi connectivity index (χ0v) is 17.4. The van der Waals surface area contributed by atoms with Crippen molar-refractivity contribution in [2.45, 2.75) is 18.8 Å². The van der Waals surface area contributed by atoms with Crippen LogP contribution >= 0.6 is 15.9 Å². The van der Waals surface area contributed by atoms with Crippen LogP contribution in [0.25, 0.3) is 0 Å². The third-order valence-electron chi connectivity index (χ3n) is 6.79. The first kappa shape index (κ1) is 17.2. The summed E-state index contributed by atoms with van der Waals surface area (Å²) in [6.07, 6.45) is 0. The van der Waals surface area contributed by atoms with Crippen LogP contribution in [0.4, 0.5) is 5.69 Å². The van der Waals surface area contributed by atoms with Gasteiger partial charge in [0.2, 0.25) is 11.8 Å². The molecule has 2 amide bonds. The van der Waals surface area contributed by atoms with Crippen molar-refractivity contribution in [3.8, 4) is 0 Å². The quantitative estimate of drug-likeness (QED) is 0.487. The minimum absolute atomic E-state index is 0.0688. The molecule has 0 unspecified atom stereocenters. The average molecular weight is 444 g/mol. The van der Waals surface area contributed by atoms with Gasteiger partial charge in [0, 0.05) is 16.3 Å². The van der Waals surface area contributed by atoms with E-state index in [0.717, 1.165) is 4.47 Å². The number of carbonyl (C=O) groups is 2. The summed E-state index contributed by atoms with van der Waals surface area (Å²) in [6, 6.07) is 22.3. The van der Waals surface area contributed by atoms with Crippen LogP contribution in [0, 0.1) is 18.8 Å². The van der Waals surface area contributed by atoms with E-state index < -0.39 is 0 Å². The third kappa shape index (κ3) is 2.13. The number of amides is 2. The molecule has 7 rings (SSSR count).